The van der Waals surface area contributed by atoms with Crippen molar-refractivity contribution < 1.29 is 9.59 Å². The van der Waals surface area contributed by atoms with Gasteiger partial charge in [0.2, 0.25) is 0 Å². The molecule has 1 saturated carbocycles. The van der Waals surface area contributed by atoms with Crippen molar-refractivity contribution >= 4 is 17.5 Å². The van der Waals surface area contributed by atoms with Gasteiger partial charge in [0.15, 0.2) is 0 Å². The number of nitrogens with one attached hydrogen (secondary N) is 1. The average Bonchev–Trinajstić information content (AvgIpc) is 3.09. The van der Waals surface area contributed by atoms with Crippen LogP contribution in [0, 0.1) is 6.92 Å². The molecule has 4 heteroatoms. The lowest BCUT2D eigenvalue weighted by atomic mass is 9.77. The van der Waals surface area contributed by atoms with Crippen molar-refractivity contribution in [1.29, 1.82) is 0 Å². The number of benzene rings is 3. The summed E-state index contributed by atoms with van der Waals surface area (Å²) in [5.74, 6) is 0.0292. The van der Waals surface area contributed by atoms with Gasteiger partial charge in [-0.15, -0.1) is 0 Å². The summed E-state index contributed by atoms with van der Waals surface area (Å²) in [6.45, 7) is 4.91. The zero-order chi connectivity index (χ0) is 21.6. The van der Waals surface area contributed by atoms with Gasteiger partial charge in [-0.25, -0.2) is 0 Å². The highest BCUT2D eigenvalue weighted by Crippen LogP contribution is 2.42. The summed E-state index contributed by atoms with van der Waals surface area (Å²) in [5, 5.41) is 2.94. The fourth-order valence-corrected chi connectivity index (χ4v) is 4.53. The SMILES string of the molecule is Cc1ccc(C(=O)Nc2ccc(-c3ccc4c(c3)C(=O)N(C3(C)CCC3)C4)cc2)cc1. The molecule has 0 radical (unpaired) electrons. The molecule has 1 fully saturated rings. The lowest BCUT2D eigenvalue weighted by Crippen LogP contribution is -2.51. The van der Waals surface area contributed by atoms with Crippen LogP contribution in [0.5, 0.6) is 0 Å². The highest BCUT2D eigenvalue weighted by Gasteiger charge is 2.44. The Morgan fingerprint density at radius 3 is 2.26 bits per heavy atom. The van der Waals surface area contributed by atoms with Crippen molar-refractivity contribution in [3.8, 4) is 11.1 Å². The number of amides is 2. The summed E-state index contributed by atoms with van der Waals surface area (Å²) < 4.78 is 0. The number of carbonyl (C=O) groups is 2. The van der Waals surface area contributed by atoms with Crippen LogP contribution in [0.4, 0.5) is 5.69 Å². The van der Waals surface area contributed by atoms with Crippen LogP contribution in [0.25, 0.3) is 11.1 Å². The van der Waals surface area contributed by atoms with E-state index in [0.29, 0.717) is 5.56 Å². The predicted octanol–water partition coefficient (Wildman–Crippen LogP) is 5.81. The van der Waals surface area contributed by atoms with Crippen molar-refractivity contribution in [3.63, 3.8) is 0 Å². The van der Waals surface area contributed by atoms with Gasteiger partial charge in [-0.05, 0) is 80.1 Å². The Morgan fingerprint density at radius 1 is 0.935 bits per heavy atom. The zero-order valence-electron chi connectivity index (χ0n) is 17.9. The van der Waals surface area contributed by atoms with Gasteiger partial charge < -0.3 is 10.2 Å². The van der Waals surface area contributed by atoms with Crippen molar-refractivity contribution in [2.75, 3.05) is 5.32 Å². The summed E-state index contributed by atoms with van der Waals surface area (Å²) >= 11 is 0. The first-order chi connectivity index (χ1) is 14.9. The van der Waals surface area contributed by atoms with E-state index in [0.717, 1.165) is 52.9 Å². The first-order valence-corrected chi connectivity index (χ1v) is 10.9. The minimum absolute atomic E-state index is 0.0214. The Hall–Kier alpha value is -3.40. The molecule has 0 unspecified atom stereocenters. The molecule has 156 valence electrons. The molecule has 3 aromatic carbocycles. The minimum Gasteiger partial charge on any atom is -0.329 e. The van der Waals surface area contributed by atoms with Gasteiger partial charge in [-0.2, -0.15) is 0 Å². The molecule has 1 N–H and O–H groups in total. The van der Waals surface area contributed by atoms with Crippen LogP contribution in [0.15, 0.2) is 66.7 Å². The Morgan fingerprint density at radius 2 is 1.61 bits per heavy atom. The van der Waals surface area contributed by atoms with E-state index in [2.05, 4.69) is 29.3 Å². The normalized spacial score (nSPS) is 16.6. The maximum Gasteiger partial charge on any atom is 0.255 e. The molecule has 5 rings (SSSR count). The Balaban J connectivity index is 1.32. The van der Waals surface area contributed by atoms with Crippen LogP contribution in [0.1, 0.15) is 58.0 Å². The fourth-order valence-electron chi connectivity index (χ4n) is 4.53. The third-order valence-corrected chi connectivity index (χ3v) is 6.79. The molecular weight excluding hydrogens is 384 g/mol. The number of rotatable bonds is 4. The van der Waals surface area contributed by atoms with Crippen molar-refractivity contribution in [2.24, 2.45) is 0 Å². The van der Waals surface area contributed by atoms with Gasteiger partial charge >= 0.3 is 0 Å². The van der Waals surface area contributed by atoms with Crippen LogP contribution in [-0.2, 0) is 6.54 Å². The van der Waals surface area contributed by atoms with Crippen molar-refractivity contribution in [1.82, 2.24) is 4.90 Å². The standard InChI is InChI=1S/C27H26N2O2/c1-18-4-6-20(7-5-18)25(30)28-23-12-10-19(11-13-23)21-8-9-22-17-29(26(31)24(22)16-21)27(2)14-3-15-27/h4-13,16H,3,14-15,17H2,1-2H3,(H,28,30). The number of aryl methyl sites for hydroxylation is 1. The summed E-state index contributed by atoms with van der Waals surface area (Å²) in [7, 11) is 0. The van der Waals surface area contributed by atoms with Crippen LogP contribution < -0.4 is 5.32 Å². The first-order valence-electron chi connectivity index (χ1n) is 10.9. The summed E-state index contributed by atoms with van der Waals surface area (Å²) in [4.78, 5) is 27.5. The van der Waals surface area contributed by atoms with E-state index < -0.39 is 0 Å². The molecule has 4 nitrogen and oxygen atoms in total. The number of nitrogens with zero attached hydrogens (tertiary/aromatic N) is 1. The Bertz CT molecular complexity index is 1160. The lowest BCUT2D eigenvalue weighted by Gasteiger charge is -2.46. The quantitative estimate of drug-likeness (QED) is 0.590. The lowest BCUT2D eigenvalue weighted by molar-refractivity contribution is 0.0266. The second-order valence-electron chi connectivity index (χ2n) is 9.01. The van der Waals surface area contributed by atoms with E-state index in [9.17, 15) is 9.59 Å². The molecule has 1 aliphatic heterocycles. The zero-order valence-corrected chi connectivity index (χ0v) is 17.9. The second-order valence-corrected chi connectivity index (χ2v) is 9.01. The van der Waals surface area contributed by atoms with E-state index in [4.69, 9.17) is 0 Å². The predicted molar refractivity (Wildman–Crippen MR) is 123 cm³/mol. The monoisotopic (exact) mass is 410 g/mol. The molecule has 2 amide bonds. The van der Waals surface area contributed by atoms with Crippen LogP contribution in [0.3, 0.4) is 0 Å². The second kappa shape index (κ2) is 7.38. The van der Waals surface area contributed by atoms with E-state index in [1.165, 1.54) is 6.42 Å². The minimum atomic E-state index is -0.125. The Kier molecular flexibility index (Phi) is 4.66. The smallest absolute Gasteiger partial charge is 0.255 e. The maximum absolute atomic E-state index is 13.0. The van der Waals surface area contributed by atoms with Gasteiger partial charge in [0.25, 0.3) is 11.8 Å². The molecule has 31 heavy (non-hydrogen) atoms. The molecule has 1 heterocycles. The summed E-state index contributed by atoms with van der Waals surface area (Å²) in [6, 6.07) is 21.5. The average molecular weight is 411 g/mol. The molecule has 1 aliphatic carbocycles. The molecule has 0 atom stereocenters. The van der Waals surface area contributed by atoms with E-state index in [1.54, 1.807) is 0 Å². The van der Waals surface area contributed by atoms with Crippen LogP contribution >= 0.6 is 0 Å². The number of hydrogen-bond acceptors (Lipinski definition) is 2. The third kappa shape index (κ3) is 3.52. The van der Waals surface area contributed by atoms with E-state index in [1.807, 2.05) is 61.5 Å². The molecule has 2 aliphatic rings. The Labute approximate surface area is 182 Å². The first kappa shape index (κ1) is 19.6. The maximum atomic E-state index is 13.0. The molecule has 0 aromatic heterocycles. The molecule has 3 aromatic rings. The number of carbonyl (C=O) groups excluding carboxylic acids is 2. The van der Waals surface area contributed by atoms with Crippen LogP contribution in [0.2, 0.25) is 0 Å². The summed E-state index contributed by atoms with van der Waals surface area (Å²) in [5.41, 5.74) is 6.51. The van der Waals surface area contributed by atoms with E-state index in [-0.39, 0.29) is 17.4 Å². The fraction of sp³-hybridized carbons (Fsp3) is 0.259. The van der Waals surface area contributed by atoms with Crippen molar-refractivity contribution in [3.05, 3.63) is 89.0 Å². The summed E-state index contributed by atoms with van der Waals surface area (Å²) in [6.07, 6.45) is 3.39. The van der Waals surface area contributed by atoms with E-state index >= 15 is 0 Å². The van der Waals surface area contributed by atoms with Crippen LogP contribution in [-0.4, -0.2) is 22.3 Å². The molecule has 0 saturated heterocycles. The number of anilines is 1. The highest BCUT2D eigenvalue weighted by molar-refractivity contribution is 6.04. The topological polar surface area (TPSA) is 49.4 Å². The highest BCUT2D eigenvalue weighted by atomic mass is 16.2. The largest absolute Gasteiger partial charge is 0.329 e. The van der Waals surface area contributed by atoms with Gasteiger partial charge in [0.05, 0.1) is 0 Å². The third-order valence-electron chi connectivity index (χ3n) is 6.79. The number of hydrogen-bond donors (Lipinski definition) is 1. The van der Waals surface area contributed by atoms with Gasteiger partial charge in [-0.3, -0.25) is 9.59 Å². The van der Waals surface area contributed by atoms with Gasteiger partial charge in [0, 0.05) is 28.9 Å². The molecule has 0 bridgehead atoms. The number of fused-ring (bicyclic) bond motifs is 1. The molecular formula is C27H26N2O2. The van der Waals surface area contributed by atoms with Gasteiger partial charge in [0.1, 0.15) is 0 Å². The molecule has 0 spiro atoms. The van der Waals surface area contributed by atoms with Gasteiger partial charge in [-0.1, -0.05) is 42.0 Å². The van der Waals surface area contributed by atoms with Crippen molar-refractivity contribution in [2.45, 2.75) is 45.2 Å².